The first kappa shape index (κ1) is 13.5. The smallest absolute Gasteiger partial charge is 0.337 e. The molecule has 3 N–H and O–H groups in total. The Morgan fingerprint density at radius 2 is 1.94 bits per heavy atom. The zero-order valence-corrected chi connectivity index (χ0v) is 11.7. The zero-order chi connectivity index (χ0) is 12.3. The van der Waals surface area contributed by atoms with Crippen molar-refractivity contribution in [1.29, 1.82) is 0 Å². The fourth-order valence-corrected chi connectivity index (χ4v) is 2.28. The first-order valence-corrected chi connectivity index (χ1v) is 6.07. The van der Waals surface area contributed by atoms with Gasteiger partial charge in [0.1, 0.15) is 0 Å². The minimum Gasteiger partial charge on any atom is -0.479 e. The maximum atomic E-state index is 10.7. The molecule has 0 aliphatic heterocycles. The third-order valence-corrected chi connectivity index (χ3v) is 3.35. The van der Waals surface area contributed by atoms with Crippen molar-refractivity contribution in [2.24, 2.45) is 0 Å². The van der Waals surface area contributed by atoms with E-state index in [1.807, 2.05) is 18.2 Å². The van der Waals surface area contributed by atoms with Gasteiger partial charge in [0, 0.05) is 8.95 Å². The minimum absolute atomic E-state index is 0.0798. The minimum atomic E-state index is -1.80. The maximum Gasteiger partial charge on any atom is 0.337 e. The summed E-state index contributed by atoms with van der Waals surface area (Å²) >= 11 is 6.66. The fourth-order valence-electron chi connectivity index (χ4n) is 1.00. The summed E-state index contributed by atoms with van der Waals surface area (Å²) in [5.41, 5.74) is -1.08. The van der Waals surface area contributed by atoms with Gasteiger partial charge in [0.2, 0.25) is 0 Å². The summed E-state index contributed by atoms with van der Waals surface area (Å²) < 4.78 is 1.59. The Labute approximate surface area is 110 Å². The van der Waals surface area contributed by atoms with Crippen LogP contribution in [0.2, 0.25) is 0 Å². The molecule has 0 aromatic heterocycles. The van der Waals surface area contributed by atoms with Crippen LogP contribution in [0.1, 0.15) is 6.92 Å². The van der Waals surface area contributed by atoms with Gasteiger partial charge in [-0.05, 0) is 50.9 Å². The van der Waals surface area contributed by atoms with Gasteiger partial charge < -0.3 is 15.5 Å². The average molecular weight is 353 g/mol. The van der Waals surface area contributed by atoms with E-state index < -0.39 is 11.6 Å². The largest absolute Gasteiger partial charge is 0.479 e. The number of carbonyl (C=O) groups is 1. The molecule has 0 bridgehead atoms. The number of rotatable bonds is 4. The van der Waals surface area contributed by atoms with Crippen LogP contribution in [-0.2, 0) is 4.79 Å². The van der Waals surface area contributed by atoms with E-state index in [2.05, 4.69) is 37.2 Å². The van der Waals surface area contributed by atoms with Gasteiger partial charge in [-0.15, -0.1) is 0 Å². The Bertz CT molecular complexity index is 387. The lowest BCUT2D eigenvalue weighted by atomic mass is 10.1. The van der Waals surface area contributed by atoms with Crippen molar-refractivity contribution in [3.05, 3.63) is 27.1 Å². The van der Waals surface area contributed by atoms with Crippen LogP contribution in [0.3, 0.4) is 0 Å². The first-order chi connectivity index (χ1) is 7.34. The molecule has 4 nitrogen and oxygen atoms in total. The van der Waals surface area contributed by atoms with Crippen LogP contribution in [0.25, 0.3) is 0 Å². The molecule has 0 saturated carbocycles. The van der Waals surface area contributed by atoms with Crippen LogP contribution in [-0.4, -0.2) is 28.3 Å². The van der Waals surface area contributed by atoms with Crippen molar-refractivity contribution in [3.63, 3.8) is 0 Å². The van der Waals surface area contributed by atoms with Crippen molar-refractivity contribution in [2.45, 2.75) is 12.5 Å². The van der Waals surface area contributed by atoms with Crippen LogP contribution >= 0.6 is 31.9 Å². The molecule has 0 radical (unpaired) electrons. The van der Waals surface area contributed by atoms with Gasteiger partial charge in [0.15, 0.2) is 5.60 Å². The second-order valence-electron chi connectivity index (χ2n) is 3.53. The summed E-state index contributed by atoms with van der Waals surface area (Å²) in [7, 11) is 0. The molecule has 0 saturated heterocycles. The third-order valence-electron chi connectivity index (χ3n) is 2.03. The Morgan fingerprint density at radius 3 is 2.38 bits per heavy atom. The van der Waals surface area contributed by atoms with E-state index in [0.717, 1.165) is 8.95 Å². The highest BCUT2D eigenvalue weighted by atomic mass is 79.9. The first-order valence-electron chi connectivity index (χ1n) is 4.48. The van der Waals surface area contributed by atoms with Gasteiger partial charge in [0.05, 0.1) is 12.2 Å². The van der Waals surface area contributed by atoms with E-state index in [-0.39, 0.29) is 6.54 Å². The van der Waals surface area contributed by atoms with Gasteiger partial charge in [-0.2, -0.15) is 0 Å². The lowest BCUT2D eigenvalue weighted by molar-refractivity contribution is -0.155. The van der Waals surface area contributed by atoms with Gasteiger partial charge in [-0.3, -0.25) is 0 Å². The highest BCUT2D eigenvalue weighted by Gasteiger charge is 2.29. The molecule has 0 spiro atoms. The molecule has 1 rings (SSSR count). The van der Waals surface area contributed by atoms with Crippen molar-refractivity contribution in [1.82, 2.24) is 0 Å². The van der Waals surface area contributed by atoms with Crippen LogP contribution in [0, 0.1) is 0 Å². The van der Waals surface area contributed by atoms with Gasteiger partial charge >= 0.3 is 5.97 Å². The number of halogens is 2. The Balaban J connectivity index is 2.79. The Morgan fingerprint density at radius 1 is 1.44 bits per heavy atom. The molecule has 0 amide bonds. The van der Waals surface area contributed by atoms with Gasteiger partial charge in [0.25, 0.3) is 0 Å². The van der Waals surface area contributed by atoms with E-state index >= 15 is 0 Å². The number of para-hydroxylation sites is 1. The van der Waals surface area contributed by atoms with Crippen molar-refractivity contribution in [2.75, 3.05) is 11.9 Å². The third kappa shape index (κ3) is 3.20. The number of carboxylic acid groups (broad SMARTS) is 1. The molecule has 1 atom stereocenters. The molecule has 0 aliphatic carbocycles. The van der Waals surface area contributed by atoms with Crippen LogP contribution in [0.5, 0.6) is 0 Å². The average Bonchev–Trinajstić information content (AvgIpc) is 2.16. The predicted molar refractivity (Wildman–Crippen MR) is 68.6 cm³/mol. The summed E-state index contributed by atoms with van der Waals surface area (Å²) in [4.78, 5) is 10.7. The van der Waals surface area contributed by atoms with Crippen LogP contribution in [0.15, 0.2) is 27.1 Å². The number of hydrogen-bond donors (Lipinski definition) is 3. The second kappa shape index (κ2) is 5.16. The Hall–Kier alpha value is -0.590. The molecule has 6 heteroatoms. The number of hydrogen-bond acceptors (Lipinski definition) is 3. The lowest BCUT2D eigenvalue weighted by Gasteiger charge is -2.20. The SMILES string of the molecule is CC(O)(CNc1c(Br)cccc1Br)C(=O)O. The van der Waals surface area contributed by atoms with E-state index in [0.29, 0.717) is 5.69 Å². The Kier molecular flexibility index (Phi) is 4.35. The predicted octanol–water partition coefficient (Wildman–Crippen LogP) is 2.46. The number of carboxylic acids is 1. The van der Waals surface area contributed by atoms with Crippen LogP contribution in [0.4, 0.5) is 5.69 Å². The van der Waals surface area contributed by atoms with E-state index in [1.54, 1.807) is 0 Å². The molecular weight excluding hydrogens is 342 g/mol. The van der Waals surface area contributed by atoms with Crippen LogP contribution < -0.4 is 5.32 Å². The summed E-state index contributed by atoms with van der Waals surface area (Å²) in [5.74, 6) is -1.26. The fraction of sp³-hybridized carbons (Fsp3) is 0.300. The molecule has 0 fully saturated rings. The van der Waals surface area contributed by atoms with E-state index in [4.69, 9.17) is 5.11 Å². The summed E-state index contributed by atoms with van der Waals surface area (Å²) in [6.45, 7) is 1.16. The highest BCUT2D eigenvalue weighted by Crippen LogP contribution is 2.30. The van der Waals surface area contributed by atoms with Crippen molar-refractivity contribution < 1.29 is 15.0 Å². The second-order valence-corrected chi connectivity index (χ2v) is 5.24. The van der Waals surface area contributed by atoms with E-state index in [1.165, 1.54) is 6.92 Å². The molecule has 0 heterocycles. The molecule has 1 unspecified atom stereocenters. The van der Waals surface area contributed by atoms with E-state index in [9.17, 15) is 9.90 Å². The number of aliphatic carboxylic acids is 1. The highest BCUT2D eigenvalue weighted by molar-refractivity contribution is 9.11. The maximum absolute atomic E-state index is 10.7. The summed E-state index contributed by atoms with van der Waals surface area (Å²) in [6.07, 6.45) is 0. The molecule has 1 aromatic rings. The van der Waals surface area contributed by atoms with Crippen molar-refractivity contribution in [3.8, 4) is 0 Å². The molecule has 1 aromatic carbocycles. The molecule has 16 heavy (non-hydrogen) atoms. The summed E-state index contributed by atoms with van der Waals surface area (Å²) in [6, 6.07) is 5.49. The lowest BCUT2D eigenvalue weighted by Crippen LogP contribution is -2.41. The zero-order valence-electron chi connectivity index (χ0n) is 8.50. The van der Waals surface area contributed by atoms with Gasteiger partial charge in [-0.1, -0.05) is 6.07 Å². The molecule has 0 aliphatic rings. The van der Waals surface area contributed by atoms with Gasteiger partial charge in [-0.25, -0.2) is 4.79 Å². The molecular formula is C10H11Br2NO3. The molecule has 88 valence electrons. The quantitative estimate of drug-likeness (QED) is 0.778. The number of nitrogens with one attached hydrogen (secondary N) is 1. The normalized spacial score (nSPS) is 14.2. The number of aliphatic hydroxyl groups is 1. The monoisotopic (exact) mass is 351 g/mol. The number of anilines is 1. The topological polar surface area (TPSA) is 69.6 Å². The van der Waals surface area contributed by atoms with Crippen molar-refractivity contribution >= 4 is 43.5 Å². The summed E-state index contributed by atoms with van der Waals surface area (Å²) in [5, 5.41) is 21.2. The number of benzene rings is 1. The standard InChI is InChI=1S/C10H11Br2NO3/c1-10(16,9(14)15)5-13-8-6(11)3-2-4-7(8)12/h2-4,13,16H,5H2,1H3,(H,14,15).